The van der Waals surface area contributed by atoms with Gasteiger partial charge in [-0.2, -0.15) is 0 Å². The van der Waals surface area contributed by atoms with Crippen LogP contribution in [0.15, 0.2) is 54.6 Å². The molecule has 128 valence electrons. The van der Waals surface area contributed by atoms with E-state index in [0.717, 1.165) is 32.1 Å². The number of benzene rings is 1. The number of allylic oxidation sites excluding steroid dienone is 2. The van der Waals surface area contributed by atoms with E-state index in [2.05, 4.69) is 64.6 Å². The van der Waals surface area contributed by atoms with Crippen LogP contribution >= 0.6 is 0 Å². The Balaban J connectivity index is 2.79. The third kappa shape index (κ3) is 6.74. The second-order valence-corrected chi connectivity index (χ2v) is 7.40. The van der Waals surface area contributed by atoms with Crippen molar-refractivity contribution in [3.63, 3.8) is 0 Å². The Labute approximate surface area is 143 Å². The number of hydrogen-bond acceptors (Lipinski definition) is 1. The fraction of sp³-hybridized carbons (Fsp3) is 0.545. The maximum Gasteiger partial charge on any atom is 0.0634 e. The minimum absolute atomic E-state index is 0.186. The fourth-order valence-corrected chi connectivity index (χ4v) is 3.35. The first kappa shape index (κ1) is 19.7. The molecular formula is C22H34O. The van der Waals surface area contributed by atoms with Gasteiger partial charge in [-0.15, -0.1) is 6.58 Å². The average molecular weight is 315 g/mol. The van der Waals surface area contributed by atoms with Gasteiger partial charge < -0.3 is 5.11 Å². The average Bonchev–Trinajstić information content (AvgIpc) is 2.51. The van der Waals surface area contributed by atoms with Gasteiger partial charge in [0.05, 0.1) is 6.10 Å². The molecule has 0 unspecified atom stereocenters. The van der Waals surface area contributed by atoms with E-state index in [1.54, 1.807) is 0 Å². The van der Waals surface area contributed by atoms with Gasteiger partial charge in [0.25, 0.3) is 0 Å². The first-order valence-electron chi connectivity index (χ1n) is 8.88. The zero-order valence-corrected chi connectivity index (χ0v) is 15.4. The van der Waals surface area contributed by atoms with Gasteiger partial charge in [-0.1, -0.05) is 61.9 Å². The lowest BCUT2D eigenvalue weighted by Crippen LogP contribution is -2.35. The molecule has 0 spiro atoms. The van der Waals surface area contributed by atoms with Crippen LogP contribution in [0.25, 0.3) is 0 Å². The lowest BCUT2D eigenvalue weighted by molar-refractivity contribution is 0.0316. The van der Waals surface area contributed by atoms with Gasteiger partial charge in [-0.05, 0) is 57.4 Å². The van der Waals surface area contributed by atoms with Gasteiger partial charge in [0.2, 0.25) is 0 Å². The monoisotopic (exact) mass is 314 g/mol. The third-order valence-electron chi connectivity index (χ3n) is 4.57. The first-order valence-corrected chi connectivity index (χ1v) is 8.88. The van der Waals surface area contributed by atoms with E-state index in [9.17, 15) is 5.11 Å². The summed E-state index contributed by atoms with van der Waals surface area (Å²) >= 11 is 0. The molecule has 0 aromatic heterocycles. The summed E-state index contributed by atoms with van der Waals surface area (Å²) in [6.45, 7) is 12.8. The number of aryl methyl sites for hydroxylation is 1. The molecule has 2 atom stereocenters. The minimum atomic E-state index is -0.340. The van der Waals surface area contributed by atoms with Gasteiger partial charge in [-0.25, -0.2) is 0 Å². The van der Waals surface area contributed by atoms with Crippen molar-refractivity contribution in [2.75, 3.05) is 0 Å². The Hall–Kier alpha value is -1.34. The Morgan fingerprint density at radius 1 is 1.22 bits per heavy atom. The van der Waals surface area contributed by atoms with Crippen LogP contribution in [-0.4, -0.2) is 11.2 Å². The van der Waals surface area contributed by atoms with Crippen molar-refractivity contribution >= 4 is 0 Å². The van der Waals surface area contributed by atoms with E-state index in [1.165, 1.54) is 11.1 Å². The molecule has 0 bridgehead atoms. The molecule has 23 heavy (non-hydrogen) atoms. The third-order valence-corrected chi connectivity index (χ3v) is 4.57. The lowest BCUT2D eigenvalue weighted by atomic mass is 9.70. The van der Waals surface area contributed by atoms with Crippen molar-refractivity contribution in [2.24, 2.45) is 11.3 Å². The quantitative estimate of drug-likeness (QED) is 0.529. The van der Waals surface area contributed by atoms with Crippen molar-refractivity contribution in [3.05, 3.63) is 60.2 Å². The van der Waals surface area contributed by atoms with Crippen molar-refractivity contribution in [3.8, 4) is 0 Å². The standard InChI is InChI=1S/C22H34O/c1-6-22(17-19(4)5,16-10-11-18(2)3)21(23)15-14-20-12-8-7-9-13-20/h6-9,11-13,19,21,23H,1,10,14-17H2,2-5H3/t21-,22-/m1/s1. The number of aliphatic hydroxyl groups is 1. The Morgan fingerprint density at radius 3 is 2.39 bits per heavy atom. The minimum Gasteiger partial charge on any atom is -0.392 e. The SMILES string of the molecule is C=C[C@@](CCC=C(C)C)(CC(C)C)[C@H](O)CCc1ccccc1. The summed E-state index contributed by atoms with van der Waals surface area (Å²) in [5.74, 6) is 0.547. The highest BCUT2D eigenvalue weighted by Gasteiger charge is 2.34. The second-order valence-electron chi connectivity index (χ2n) is 7.40. The normalized spacial score (nSPS) is 15.0. The Kier molecular flexibility index (Phi) is 8.33. The van der Waals surface area contributed by atoms with Gasteiger partial charge in [0, 0.05) is 5.41 Å². The van der Waals surface area contributed by atoms with Crippen LogP contribution in [0, 0.1) is 11.3 Å². The van der Waals surface area contributed by atoms with E-state index in [1.807, 2.05) is 12.1 Å². The van der Waals surface area contributed by atoms with E-state index in [0.29, 0.717) is 5.92 Å². The van der Waals surface area contributed by atoms with E-state index in [4.69, 9.17) is 0 Å². The lowest BCUT2D eigenvalue weighted by Gasteiger charge is -2.37. The van der Waals surface area contributed by atoms with Crippen LogP contribution in [-0.2, 0) is 6.42 Å². The smallest absolute Gasteiger partial charge is 0.0634 e. The van der Waals surface area contributed by atoms with Crippen molar-refractivity contribution in [1.82, 2.24) is 0 Å². The maximum absolute atomic E-state index is 10.9. The van der Waals surface area contributed by atoms with Gasteiger partial charge in [0.1, 0.15) is 0 Å². The van der Waals surface area contributed by atoms with E-state index < -0.39 is 0 Å². The molecule has 1 N–H and O–H groups in total. The zero-order chi connectivity index (χ0) is 17.3. The van der Waals surface area contributed by atoms with Crippen LogP contribution in [0.2, 0.25) is 0 Å². The molecule has 0 saturated heterocycles. The molecule has 1 aromatic rings. The molecule has 1 rings (SSSR count). The highest BCUT2D eigenvalue weighted by molar-refractivity contribution is 5.15. The zero-order valence-electron chi connectivity index (χ0n) is 15.4. The molecule has 0 saturated carbocycles. The topological polar surface area (TPSA) is 20.2 Å². The van der Waals surface area contributed by atoms with Gasteiger partial charge >= 0.3 is 0 Å². The Bertz CT molecular complexity index is 482. The molecule has 1 nitrogen and oxygen atoms in total. The highest BCUT2D eigenvalue weighted by Crippen LogP contribution is 2.39. The molecule has 1 heteroatoms. The van der Waals surface area contributed by atoms with Crippen LogP contribution in [0.3, 0.4) is 0 Å². The van der Waals surface area contributed by atoms with Crippen LogP contribution in [0.5, 0.6) is 0 Å². The predicted octanol–water partition coefficient (Wildman–Crippen LogP) is 5.95. The van der Waals surface area contributed by atoms with Gasteiger partial charge in [0.15, 0.2) is 0 Å². The summed E-state index contributed by atoms with van der Waals surface area (Å²) in [6.07, 6.45) is 8.61. The summed E-state index contributed by atoms with van der Waals surface area (Å²) in [5, 5.41) is 10.9. The molecule has 0 aliphatic heterocycles. The van der Waals surface area contributed by atoms with Gasteiger partial charge in [-0.3, -0.25) is 0 Å². The molecule has 0 fully saturated rings. The summed E-state index contributed by atoms with van der Waals surface area (Å²) in [5.41, 5.74) is 2.44. The first-order chi connectivity index (χ1) is 10.9. The highest BCUT2D eigenvalue weighted by atomic mass is 16.3. The predicted molar refractivity (Wildman–Crippen MR) is 102 cm³/mol. The van der Waals surface area contributed by atoms with Crippen LogP contribution in [0.1, 0.15) is 58.9 Å². The van der Waals surface area contributed by atoms with Crippen molar-refractivity contribution in [2.45, 2.75) is 65.9 Å². The maximum atomic E-state index is 10.9. The number of hydrogen-bond donors (Lipinski definition) is 1. The molecule has 0 radical (unpaired) electrons. The number of aliphatic hydroxyl groups excluding tert-OH is 1. The van der Waals surface area contributed by atoms with Crippen LogP contribution < -0.4 is 0 Å². The Morgan fingerprint density at radius 2 is 1.87 bits per heavy atom. The molecule has 0 amide bonds. The van der Waals surface area contributed by atoms with Crippen molar-refractivity contribution in [1.29, 1.82) is 0 Å². The molecule has 0 aliphatic carbocycles. The molecule has 0 aliphatic rings. The largest absolute Gasteiger partial charge is 0.392 e. The van der Waals surface area contributed by atoms with E-state index in [-0.39, 0.29) is 11.5 Å². The number of rotatable bonds is 10. The van der Waals surface area contributed by atoms with E-state index >= 15 is 0 Å². The summed E-state index contributed by atoms with van der Waals surface area (Å²) in [7, 11) is 0. The molecule has 1 aromatic carbocycles. The summed E-state index contributed by atoms with van der Waals surface area (Å²) in [6, 6.07) is 10.4. The molecular weight excluding hydrogens is 280 g/mol. The summed E-state index contributed by atoms with van der Waals surface area (Å²) < 4.78 is 0. The fourth-order valence-electron chi connectivity index (χ4n) is 3.35. The van der Waals surface area contributed by atoms with Crippen molar-refractivity contribution < 1.29 is 5.11 Å². The van der Waals surface area contributed by atoms with Crippen LogP contribution in [0.4, 0.5) is 0 Å². The second kappa shape index (κ2) is 9.72. The molecule has 0 heterocycles. The summed E-state index contributed by atoms with van der Waals surface area (Å²) in [4.78, 5) is 0.